The number of rotatable bonds is 3. The summed E-state index contributed by atoms with van der Waals surface area (Å²) in [5.41, 5.74) is 1.11. The number of hydrogen-bond acceptors (Lipinski definition) is 1. The van der Waals surface area contributed by atoms with Crippen LogP contribution in [0.5, 0.6) is 0 Å². The predicted molar refractivity (Wildman–Crippen MR) is 73.9 cm³/mol. The Balaban J connectivity index is 1.99. The number of hydrogen-bond donors (Lipinski definition) is 0. The first-order valence-electron chi connectivity index (χ1n) is 7.18. The molecule has 0 aromatic heterocycles. The molecule has 0 unspecified atom stereocenters. The zero-order valence-electron chi connectivity index (χ0n) is 11.3. The summed E-state index contributed by atoms with van der Waals surface area (Å²) in [6.45, 7) is 8.20. The van der Waals surface area contributed by atoms with E-state index in [4.69, 9.17) is 0 Å². The molecule has 2 fully saturated rings. The zero-order chi connectivity index (χ0) is 12.9. The summed E-state index contributed by atoms with van der Waals surface area (Å²) in [7, 11) is 0. The van der Waals surface area contributed by atoms with Gasteiger partial charge in [-0.05, 0) is 48.0 Å². The number of ketones is 1. The Morgan fingerprint density at radius 1 is 1.39 bits per heavy atom. The van der Waals surface area contributed by atoms with Crippen molar-refractivity contribution in [3.63, 3.8) is 0 Å². The first-order valence-corrected chi connectivity index (χ1v) is 7.18. The van der Waals surface area contributed by atoms with Crippen molar-refractivity contribution in [1.29, 1.82) is 0 Å². The molecule has 0 radical (unpaired) electrons. The van der Waals surface area contributed by atoms with E-state index in [1.807, 2.05) is 6.08 Å². The normalized spacial score (nSPS) is 43.2. The molecule has 0 N–H and O–H groups in total. The van der Waals surface area contributed by atoms with Crippen LogP contribution in [0, 0.1) is 35.5 Å². The molecule has 0 spiro atoms. The van der Waals surface area contributed by atoms with Gasteiger partial charge >= 0.3 is 0 Å². The van der Waals surface area contributed by atoms with Crippen LogP contribution in [-0.2, 0) is 4.79 Å². The van der Waals surface area contributed by atoms with Gasteiger partial charge in [0.1, 0.15) is 0 Å². The second kappa shape index (κ2) is 4.22. The summed E-state index contributed by atoms with van der Waals surface area (Å²) in [6, 6.07) is 0. The Kier molecular flexibility index (Phi) is 2.80. The van der Waals surface area contributed by atoms with Crippen molar-refractivity contribution in [2.45, 2.75) is 26.7 Å². The summed E-state index contributed by atoms with van der Waals surface area (Å²) in [6.07, 6.45) is 11.0. The smallest absolute Gasteiger partial charge is 0.162 e. The first-order chi connectivity index (χ1) is 8.63. The number of carbonyl (C=O) groups excluding carboxylic acids is 1. The van der Waals surface area contributed by atoms with Gasteiger partial charge in [-0.3, -0.25) is 4.79 Å². The Morgan fingerprint density at radius 2 is 2.11 bits per heavy atom. The summed E-state index contributed by atoms with van der Waals surface area (Å²) in [5.74, 6) is 3.36. The average Bonchev–Trinajstić information content (AvgIpc) is 2.97. The lowest BCUT2D eigenvalue weighted by Gasteiger charge is -2.24. The van der Waals surface area contributed by atoms with Gasteiger partial charge in [-0.25, -0.2) is 0 Å². The summed E-state index contributed by atoms with van der Waals surface area (Å²) < 4.78 is 0. The highest BCUT2D eigenvalue weighted by atomic mass is 16.1. The largest absolute Gasteiger partial charge is 0.294 e. The highest BCUT2D eigenvalue weighted by molar-refractivity contribution is 6.01. The van der Waals surface area contributed by atoms with E-state index >= 15 is 0 Å². The van der Waals surface area contributed by atoms with Crippen LogP contribution in [-0.4, -0.2) is 5.78 Å². The van der Waals surface area contributed by atoms with Crippen molar-refractivity contribution in [1.82, 2.24) is 0 Å². The highest BCUT2D eigenvalue weighted by Crippen LogP contribution is 2.58. The minimum absolute atomic E-state index is 0.287. The zero-order valence-corrected chi connectivity index (χ0v) is 11.3. The first kappa shape index (κ1) is 12.0. The average molecular weight is 242 g/mol. The summed E-state index contributed by atoms with van der Waals surface area (Å²) >= 11 is 0. The molecule has 2 saturated carbocycles. The van der Waals surface area contributed by atoms with Crippen molar-refractivity contribution in [3.8, 4) is 0 Å². The molecular weight excluding hydrogens is 220 g/mol. The molecule has 0 aromatic carbocycles. The third-order valence-electron chi connectivity index (χ3n) is 4.91. The minimum atomic E-state index is 0.287. The third-order valence-corrected chi connectivity index (χ3v) is 4.91. The predicted octanol–water partition coefficient (Wildman–Crippen LogP) is 3.78. The van der Waals surface area contributed by atoms with Gasteiger partial charge < -0.3 is 0 Å². The van der Waals surface area contributed by atoms with Gasteiger partial charge in [0.05, 0.1) is 0 Å². The number of carbonyl (C=O) groups is 1. The lowest BCUT2D eigenvalue weighted by Crippen LogP contribution is -2.21. The van der Waals surface area contributed by atoms with Gasteiger partial charge in [-0.15, -0.1) is 6.58 Å². The monoisotopic (exact) mass is 242 g/mol. The quantitative estimate of drug-likeness (QED) is 0.543. The molecule has 3 aliphatic carbocycles. The van der Waals surface area contributed by atoms with Crippen LogP contribution in [0.4, 0.5) is 0 Å². The van der Waals surface area contributed by atoms with E-state index in [0.29, 0.717) is 35.4 Å². The maximum absolute atomic E-state index is 12.7. The molecule has 0 saturated heterocycles. The third kappa shape index (κ3) is 1.56. The van der Waals surface area contributed by atoms with E-state index < -0.39 is 0 Å². The van der Waals surface area contributed by atoms with E-state index in [-0.39, 0.29) is 5.92 Å². The van der Waals surface area contributed by atoms with Gasteiger partial charge in [0.2, 0.25) is 0 Å². The van der Waals surface area contributed by atoms with Crippen LogP contribution in [0.15, 0.2) is 36.5 Å². The Morgan fingerprint density at radius 3 is 2.78 bits per heavy atom. The molecule has 0 heterocycles. The van der Waals surface area contributed by atoms with Crippen LogP contribution in [0.25, 0.3) is 0 Å². The second-order valence-electron chi connectivity index (χ2n) is 6.41. The molecule has 1 heteroatoms. The fraction of sp³-hybridized carbons (Fsp3) is 0.588. The van der Waals surface area contributed by atoms with Crippen molar-refractivity contribution in [2.75, 3.05) is 0 Å². The van der Waals surface area contributed by atoms with E-state index in [2.05, 4.69) is 38.7 Å². The maximum atomic E-state index is 12.7. The van der Waals surface area contributed by atoms with Crippen molar-refractivity contribution < 1.29 is 4.79 Å². The van der Waals surface area contributed by atoms with Crippen LogP contribution < -0.4 is 0 Å². The van der Waals surface area contributed by atoms with Gasteiger partial charge in [0.15, 0.2) is 5.78 Å². The molecule has 3 aliphatic rings. The Bertz CT molecular complexity index is 441. The standard InChI is InChI=1S/C17H22O/c1-4-5-13-14(8-10(2)3)17(18)16-12-7-6-11(9-12)15(13)16/h4,6-8,10-13,15-16H,1,5,9H2,2-3H3/b14-8+/t11-,12+,13-,15+,16+/m1/s1. The Labute approximate surface area is 110 Å². The van der Waals surface area contributed by atoms with E-state index in [9.17, 15) is 4.79 Å². The minimum Gasteiger partial charge on any atom is -0.294 e. The van der Waals surface area contributed by atoms with E-state index in [1.54, 1.807) is 0 Å². The number of allylic oxidation sites excluding steroid dienone is 5. The fourth-order valence-electron chi connectivity index (χ4n) is 4.39. The second-order valence-corrected chi connectivity index (χ2v) is 6.41. The summed E-state index contributed by atoms with van der Waals surface area (Å²) in [4.78, 5) is 12.7. The molecule has 0 aliphatic heterocycles. The molecule has 2 bridgehead atoms. The topological polar surface area (TPSA) is 17.1 Å². The number of fused-ring (bicyclic) bond motifs is 5. The number of Topliss-reactive ketones (excluding diaryl/α,β-unsaturated/α-hetero) is 1. The van der Waals surface area contributed by atoms with Crippen molar-refractivity contribution in [3.05, 3.63) is 36.5 Å². The van der Waals surface area contributed by atoms with E-state index in [1.165, 1.54) is 6.42 Å². The molecule has 18 heavy (non-hydrogen) atoms. The van der Waals surface area contributed by atoms with Gasteiger partial charge in [0, 0.05) is 5.92 Å². The van der Waals surface area contributed by atoms with Crippen molar-refractivity contribution >= 4 is 5.78 Å². The maximum Gasteiger partial charge on any atom is 0.162 e. The lowest BCUT2D eigenvalue weighted by molar-refractivity contribution is -0.119. The fourth-order valence-corrected chi connectivity index (χ4v) is 4.39. The Hall–Kier alpha value is -1.11. The molecule has 0 aromatic rings. The summed E-state index contributed by atoms with van der Waals surface area (Å²) in [5, 5.41) is 0. The van der Waals surface area contributed by atoms with Crippen LogP contribution in [0.3, 0.4) is 0 Å². The molecule has 0 amide bonds. The van der Waals surface area contributed by atoms with Crippen LogP contribution in [0.1, 0.15) is 26.7 Å². The van der Waals surface area contributed by atoms with Crippen LogP contribution >= 0.6 is 0 Å². The lowest BCUT2D eigenvalue weighted by atomic mass is 9.79. The SMILES string of the molecule is C=CC[C@@H]1/C(=C\C(C)C)C(=O)[C@@H]2[C@H]1[C@@H]1C=C[C@H]2C1. The van der Waals surface area contributed by atoms with Gasteiger partial charge in [0.25, 0.3) is 0 Å². The van der Waals surface area contributed by atoms with Crippen molar-refractivity contribution in [2.24, 2.45) is 35.5 Å². The molecule has 3 rings (SSSR count). The van der Waals surface area contributed by atoms with Crippen LogP contribution in [0.2, 0.25) is 0 Å². The van der Waals surface area contributed by atoms with E-state index in [0.717, 1.165) is 12.0 Å². The van der Waals surface area contributed by atoms with Gasteiger partial charge in [-0.1, -0.05) is 38.2 Å². The highest BCUT2D eigenvalue weighted by Gasteiger charge is 2.57. The molecular formula is C17H22O. The molecule has 1 nitrogen and oxygen atoms in total. The molecule has 5 atom stereocenters. The molecule has 96 valence electrons. The van der Waals surface area contributed by atoms with Gasteiger partial charge in [-0.2, -0.15) is 0 Å².